The molecule has 0 spiro atoms. The summed E-state index contributed by atoms with van der Waals surface area (Å²) in [4.78, 5) is 28.5. The molecule has 7 nitrogen and oxygen atoms in total. The fourth-order valence-corrected chi connectivity index (χ4v) is 4.96. The minimum atomic E-state index is -0.818. The Kier molecular flexibility index (Phi) is 8.23. The van der Waals surface area contributed by atoms with Gasteiger partial charge in [-0.1, -0.05) is 72.8 Å². The zero-order valence-electron chi connectivity index (χ0n) is 20.7. The average molecular weight is 488 g/mol. The molecule has 4 rings (SSSR count). The summed E-state index contributed by atoms with van der Waals surface area (Å²) in [7, 11) is 3.14. The first-order chi connectivity index (χ1) is 17.5. The van der Waals surface area contributed by atoms with Crippen LogP contribution in [0.5, 0.6) is 11.5 Å². The van der Waals surface area contributed by atoms with E-state index in [9.17, 15) is 9.59 Å². The average Bonchev–Trinajstić information content (AvgIpc) is 3.42. The molecule has 188 valence electrons. The zero-order valence-corrected chi connectivity index (χ0v) is 20.7. The molecule has 3 N–H and O–H groups in total. The van der Waals surface area contributed by atoms with Crippen molar-refractivity contribution in [1.29, 1.82) is 0 Å². The van der Waals surface area contributed by atoms with Gasteiger partial charge in [-0.25, -0.2) is 0 Å². The molecule has 0 aromatic heterocycles. The van der Waals surface area contributed by atoms with Crippen molar-refractivity contribution < 1.29 is 19.1 Å². The number of ether oxygens (including phenoxy) is 2. The van der Waals surface area contributed by atoms with Crippen molar-refractivity contribution in [2.75, 3.05) is 20.8 Å². The molecule has 0 saturated carbocycles. The number of rotatable bonds is 9. The van der Waals surface area contributed by atoms with E-state index in [1.165, 1.54) is 0 Å². The summed E-state index contributed by atoms with van der Waals surface area (Å²) in [5, 5.41) is 2.97. The van der Waals surface area contributed by atoms with Gasteiger partial charge < -0.3 is 25.4 Å². The van der Waals surface area contributed by atoms with Gasteiger partial charge >= 0.3 is 0 Å². The number of benzene rings is 3. The number of hydrogen-bond donors (Lipinski definition) is 2. The Balaban J connectivity index is 1.50. The number of methoxy groups -OCH3 is 2. The molecule has 3 aromatic rings. The lowest BCUT2D eigenvalue weighted by Gasteiger charge is -2.31. The smallest absolute Gasteiger partial charge is 0.243 e. The fraction of sp³-hybridized carbons (Fsp3) is 0.310. The summed E-state index contributed by atoms with van der Waals surface area (Å²) in [5.41, 5.74) is 9.38. The zero-order chi connectivity index (χ0) is 25.5. The summed E-state index contributed by atoms with van der Waals surface area (Å²) >= 11 is 0. The predicted octanol–water partition coefficient (Wildman–Crippen LogP) is 3.47. The third-order valence-electron chi connectivity index (χ3n) is 6.74. The SMILES string of the molecule is COc1cccc(CNC(=O)C2CCCN2C(=O)[C@H](N)C(c2ccccc2)c2ccccc2)c1OC. The van der Waals surface area contributed by atoms with Crippen LogP contribution < -0.4 is 20.5 Å². The highest BCUT2D eigenvalue weighted by atomic mass is 16.5. The number of nitrogens with two attached hydrogens (primary N) is 1. The van der Waals surface area contributed by atoms with Crippen molar-refractivity contribution in [2.45, 2.75) is 37.4 Å². The van der Waals surface area contributed by atoms with Gasteiger partial charge in [-0.15, -0.1) is 0 Å². The van der Waals surface area contributed by atoms with Crippen LogP contribution in [0.25, 0.3) is 0 Å². The van der Waals surface area contributed by atoms with E-state index in [4.69, 9.17) is 15.2 Å². The first-order valence-electron chi connectivity index (χ1n) is 12.2. The molecule has 2 atom stereocenters. The van der Waals surface area contributed by atoms with Gasteiger partial charge in [0.05, 0.1) is 20.3 Å². The topological polar surface area (TPSA) is 93.9 Å². The maximum absolute atomic E-state index is 13.7. The van der Waals surface area contributed by atoms with Gasteiger partial charge in [-0.2, -0.15) is 0 Å². The lowest BCUT2D eigenvalue weighted by Crippen LogP contribution is -2.52. The lowest BCUT2D eigenvalue weighted by atomic mass is 9.84. The molecule has 3 aromatic carbocycles. The standard InChI is InChI=1S/C29H33N3O4/c1-35-24-17-9-15-22(27(24)36-2)19-31-28(33)23-16-10-18-32(23)29(34)26(30)25(20-11-5-3-6-12-20)21-13-7-4-8-14-21/h3-9,11-15,17,23,25-26H,10,16,18-19,30H2,1-2H3,(H,31,33)/t23?,26-/m1/s1. The van der Waals surface area contributed by atoms with Crippen LogP contribution in [-0.4, -0.2) is 49.6 Å². The lowest BCUT2D eigenvalue weighted by molar-refractivity contribution is -0.139. The monoisotopic (exact) mass is 487 g/mol. The van der Waals surface area contributed by atoms with Crippen molar-refractivity contribution in [1.82, 2.24) is 10.2 Å². The maximum atomic E-state index is 13.7. The normalized spacial score (nSPS) is 16.0. The summed E-state index contributed by atoms with van der Waals surface area (Å²) in [6, 6.07) is 23.8. The molecule has 1 heterocycles. The van der Waals surface area contributed by atoms with E-state index in [1.54, 1.807) is 25.2 Å². The molecule has 0 radical (unpaired) electrons. The first-order valence-corrected chi connectivity index (χ1v) is 12.2. The maximum Gasteiger partial charge on any atom is 0.243 e. The van der Waals surface area contributed by atoms with Crippen molar-refractivity contribution in [3.05, 3.63) is 95.6 Å². The molecule has 1 aliphatic heterocycles. The summed E-state index contributed by atoms with van der Waals surface area (Å²) in [6.45, 7) is 0.768. The van der Waals surface area contributed by atoms with Gasteiger partial charge in [-0.3, -0.25) is 9.59 Å². The quantitative estimate of drug-likeness (QED) is 0.482. The van der Waals surface area contributed by atoms with E-state index in [2.05, 4.69) is 5.32 Å². The predicted molar refractivity (Wildman–Crippen MR) is 139 cm³/mol. The van der Waals surface area contributed by atoms with Crippen LogP contribution in [0, 0.1) is 0 Å². The van der Waals surface area contributed by atoms with Gasteiger partial charge in [0, 0.05) is 24.6 Å². The number of para-hydroxylation sites is 1. The molecule has 1 aliphatic rings. The van der Waals surface area contributed by atoms with Crippen molar-refractivity contribution in [3.63, 3.8) is 0 Å². The highest BCUT2D eigenvalue weighted by molar-refractivity contribution is 5.91. The molecule has 7 heteroatoms. The number of hydrogen-bond acceptors (Lipinski definition) is 5. The molecule has 1 unspecified atom stereocenters. The Labute approximate surface area is 212 Å². The number of nitrogens with zero attached hydrogens (tertiary/aromatic N) is 1. The molecule has 2 amide bonds. The van der Waals surface area contributed by atoms with E-state index in [1.807, 2.05) is 72.8 Å². The molecular formula is C29H33N3O4. The molecular weight excluding hydrogens is 454 g/mol. The molecule has 0 aliphatic carbocycles. The summed E-state index contributed by atoms with van der Waals surface area (Å²) in [5.74, 6) is 0.444. The van der Waals surface area contributed by atoms with Gasteiger partial charge in [-0.05, 0) is 30.0 Å². The van der Waals surface area contributed by atoms with Gasteiger partial charge in [0.1, 0.15) is 6.04 Å². The number of carbonyl (C=O) groups excluding carboxylic acids is 2. The van der Waals surface area contributed by atoms with Gasteiger partial charge in [0.25, 0.3) is 0 Å². The number of nitrogens with one attached hydrogen (secondary N) is 1. The molecule has 1 saturated heterocycles. The minimum absolute atomic E-state index is 0.200. The van der Waals surface area contributed by atoms with E-state index in [0.717, 1.165) is 23.1 Å². The number of amides is 2. The summed E-state index contributed by atoms with van der Waals surface area (Å²) in [6.07, 6.45) is 1.35. The summed E-state index contributed by atoms with van der Waals surface area (Å²) < 4.78 is 10.8. The van der Waals surface area contributed by atoms with Crippen molar-refractivity contribution >= 4 is 11.8 Å². The van der Waals surface area contributed by atoms with Gasteiger partial charge in [0.15, 0.2) is 11.5 Å². The van der Waals surface area contributed by atoms with Crippen LogP contribution >= 0.6 is 0 Å². The van der Waals surface area contributed by atoms with Crippen LogP contribution in [0.3, 0.4) is 0 Å². The first kappa shape index (κ1) is 25.3. The van der Waals surface area contributed by atoms with Crippen LogP contribution in [0.15, 0.2) is 78.9 Å². The van der Waals surface area contributed by atoms with E-state index >= 15 is 0 Å². The van der Waals surface area contributed by atoms with Crippen LogP contribution in [0.2, 0.25) is 0 Å². The Morgan fingerprint density at radius 1 is 0.944 bits per heavy atom. The minimum Gasteiger partial charge on any atom is -0.493 e. The second kappa shape index (κ2) is 11.7. The van der Waals surface area contributed by atoms with Crippen LogP contribution in [0.1, 0.15) is 35.4 Å². The number of likely N-dealkylation sites (tertiary alicyclic amines) is 1. The van der Waals surface area contributed by atoms with Crippen LogP contribution in [0.4, 0.5) is 0 Å². The van der Waals surface area contributed by atoms with E-state index in [0.29, 0.717) is 24.5 Å². The van der Waals surface area contributed by atoms with Crippen molar-refractivity contribution in [3.8, 4) is 11.5 Å². The molecule has 1 fully saturated rings. The largest absolute Gasteiger partial charge is 0.493 e. The Bertz CT molecular complexity index is 1130. The van der Waals surface area contributed by atoms with Crippen molar-refractivity contribution in [2.24, 2.45) is 5.73 Å². The number of carbonyl (C=O) groups is 2. The fourth-order valence-electron chi connectivity index (χ4n) is 4.96. The highest BCUT2D eigenvalue weighted by Crippen LogP contribution is 2.32. The highest BCUT2D eigenvalue weighted by Gasteiger charge is 2.39. The second-order valence-electron chi connectivity index (χ2n) is 8.88. The third kappa shape index (κ3) is 5.36. The Morgan fingerprint density at radius 2 is 1.58 bits per heavy atom. The van der Waals surface area contributed by atoms with Gasteiger partial charge in [0.2, 0.25) is 11.8 Å². The van der Waals surface area contributed by atoms with E-state index < -0.39 is 12.1 Å². The Hall–Kier alpha value is -3.84. The van der Waals surface area contributed by atoms with Crippen LogP contribution in [-0.2, 0) is 16.1 Å². The molecule has 0 bridgehead atoms. The molecule has 36 heavy (non-hydrogen) atoms. The third-order valence-corrected chi connectivity index (χ3v) is 6.74. The second-order valence-corrected chi connectivity index (χ2v) is 8.88. The Morgan fingerprint density at radius 3 is 2.17 bits per heavy atom. The van der Waals surface area contributed by atoms with E-state index in [-0.39, 0.29) is 24.3 Å².